The molecule has 3 rings (SSSR count). The largest absolute Gasteiger partial charge is 0.468 e. The second kappa shape index (κ2) is 6.10. The van der Waals surface area contributed by atoms with Gasteiger partial charge in [0.25, 0.3) is 0 Å². The lowest BCUT2D eigenvalue weighted by Crippen LogP contribution is -2.36. The van der Waals surface area contributed by atoms with Crippen LogP contribution in [0.15, 0.2) is 60.7 Å². The molecular weight excluding hydrogens is 262 g/mol. The summed E-state index contributed by atoms with van der Waals surface area (Å²) in [5.74, 6) is -0.0499. The molecule has 21 heavy (non-hydrogen) atoms. The van der Waals surface area contributed by atoms with E-state index in [4.69, 9.17) is 4.74 Å². The molecule has 1 saturated heterocycles. The molecule has 0 unspecified atom stereocenters. The van der Waals surface area contributed by atoms with Gasteiger partial charge in [0, 0.05) is 12.0 Å². The predicted octanol–water partition coefficient (Wildman–Crippen LogP) is 3.05. The minimum atomic E-state index is -0.289. The highest BCUT2D eigenvalue weighted by Crippen LogP contribution is 2.38. The van der Waals surface area contributed by atoms with Gasteiger partial charge < -0.3 is 4.74 Å². The number of ether oxygens (including phenoxy) is 1. The summed E-state index contributed by atoms with van der Waals surface area (Å²) in [7, 11) is 1.45. The van der Waals surface area contributed by atoms with Crippen LogP contribution >= 0.6 is 0 Å². The van der Waals surface area contributed by atoms with Crippen molar-refractivity contribution in [3.05, 3.63) is 71.8 Å². The van der Waals surface area contributed by atoms with E-state index in [1.165, 1.54) is 18.2 Å². The molecule has 2 aromatic rings. The molecule has 0 radical (unpaired) electrons. The molecule has 1 aliphatic rings. The summed E-state index contributed by atoms with van der Waals surface area (Å²) in [6.07, 6.45) is 0.897. The quantitative estimate of drug-likeness (QED) is 0.879. The van der Waals surface area contributed by atoms with E-state index in [0.717, 1.165) is 6.42 Å². The van der Waals surface area contributed by atoms with Crippen LogP contribution in [-0.4, -0.2) is 19.1 Å². The molecule has 1 aliphatic heterocycles. The van der Waals surface area contributed by atoms with Crippen molar-refractivity contribution in [1.82, 2.24) is 5.32 Å². The van der Waals surface area contributed by atoms with Crippen LogP contribution in [0.4, 0.5) is 0 Å². The molecule has 3 atom stereocenters. The summed E-state index contributed by atoms with van der Waals surface area (Å²) in [5.41, 5.74) is 2.39. The minimum absolute atomic E-state index is 0.142. The summed E-state index contributed by atoms with van der Waals surface area (Å²) in [5, 5.41) is 3.43. The van der Waals surface area contributed by atoms with Crippen molar-refractivity contribution < 1.29 is 9.53 Å². The van der Waals surface area contributed by atoms with E-state index in [1.807, 2.05) is 36.4 Å². The van der Waals surface area contributed by atoms with Crippen LogP contribution in [0, 0.1) is 0 Å². The number of benzene rings is 2. The Hall–Kier alpha value is -2.13. The Morgan fingerprint density at radius 1 is 1.00 bits per heavy atom. The Balaban J connectivity index is 1.89. The first-order chi connectivity index (χ1) is 10.3. The van der Waals surface area contributed by atoms with Gasteiger partial charge in [-0.2, -0.15) is 0 Å². The number of methoxy groups -OCH3 is 1. The van der Waals surface area contributed by atoms with Crippen LogP contribution < -0.4 is 5.32 Å². The lowest BCUT2D eigenvalue weighted by atomic mass is 9.89. The highest BCUT2D eigenvalue weighted by molar-refractivity contribution is 5.77. The van der Waals surface area contributed by atoms with Crippen molar-refractivity contribution in [2.24, 2.45) is 0 Å². The van der Waals surface area contributed by atoms with Gasteiger partial charge in [-0.15, -0.1) is 0 Å². The smallest absolute Gasteiger partial charge is 0.323 e. The predicted molar refractivity (Wildman–Crippen MR) is 81.9 cm³/mol. The molecule has 3 heteroatoms. The lowest BCUT2D eigenvalue weighted by Gasteiger charge is -2.17. The maximum atomic E-state index is 12.1. The van der Waals surface area contributed by atoms with Crippen molar-refractivity contribution in [2.75, 3.05) is 7.11 Å². The summed E-state index contributed by atoms with van der Waals surface area (Å²) >= 11 is 0. The van der Waals surface area contributed by atoms with Crippen molar-refractivity contribution in [2.45, 2.75) is 24.4 Å². The molecular formula is C18H19NO2. The fourth-order valence-corrected chi connectivity index (χ4v) is 3.10. The van der Waals surface area contributed by atoms with Gasteiger partial charge in [0.1, 0.15) is 6.04 Å². The van der Waals surface area contributed by atoms with Crippen molar-refractivity contribution in [3.8, 4) is 0 Å². The number of hydrogen-bond acceptors (Lipinski definition) is 3. The first-order valence-electron chi connectivity index (χ1n) is 7.23. The summed E-state index contributed by atoms with van der Waals surface area (Å²) in [4.78, 5) is 12.1. The zero-order valence-electron chi connectivity index (χ0n) is 12.0. The number of rotatable bonds is 3. The van der Waals surface area contributed by atoms with Crippen LogP contribution in [-0.2, 0) is 9.53 Å². The molecule has 108 valence electrons. The lowest BCUT2D eigenvalue weighted by molar-refractivity contribution is -0.143. The molecule has 0 saturated carbocycles. The maximum absolute atomic E-state index is 12.1. The fourth-order valence-electron chi connectivity index (χ4n) is 3.10. The van der Waals surface area contributed by atoms with Crippen LogP contribution in [0.5, 0.6) is 0 Å². The van der Waals surface area contributed by atoms with E-state index < -0.39 is 0 Å². The van der Waals surface area contributed by atoms with Crippen LogP contribution in [0.1, 0.15) is 29.5 Å². The fraction of sp³-hybridized carbons (Fsp3) is 0.278. The van der Waals surface area contributed by atoms with Crippen LogP contribution in [0.25, 0.3) is 0 Å². The Labute approximate surface area is 124 Å². The third-order valence-corrected chi connectivity index (χ3v) is 4.16. The first kappa shape index (κ1) is 13.8. The standard InChI is InChI=1S/C18H19NO2/c1-21-18(20)17-15(13-8-4-2-5-9-13)12-16(19-17)14-10-6-3-7-11-14/h2-11,15-17,19H,12H2,1H3/t15-,16+,17-/m1/s1. The van der Waals surface area contributed by atoms with E-state index in [1.54, 1.807) is 0 Å². The summed E-state index contributed by atoms with van der Waals surface area (Å²) < 4.78 is 4.97. The highest BCUT2D eigenvalue weighted by atomic mass is 16.5. The SMILES string of the molecule is COC(=O)[C@@H]1N[C@H](c2ccccc2)C[C@@H]1c1ccccc1. The van der Waals surface area contributed by atoms with E-state index in [-0.39, 0.29) is 24.0 Å². The van der Waals surface area contributed by atoms with Gasteiger partial charge in [-0.1, -0.05) is 60.7 Å². The average Bonchev–Trinajstić information content (AvgIpc) is 3.01. The molecule has 0 aromatic heterocycles. The Morgan fingerprint density at radius 3 is 2.14 bits per heavy atom. The zero-order valence-corrected chi connectivity index (χ0v) is 12.0. The third-order valence-electron chi connectivity index (χ3n) is 4.16. The molecule has 0 amide bonds. The van der Waals surface area contributed by atoms with E-state index in [2.05, 4.69) is 29.6 Å². The van der Waals surface area contributed by atoms with E-state index in [0.29, 0.717) is 0 Å². The topological polar surface area (TPSA) is 38.3 Å². The number of hydrogen-bond donors (Lipinski definition) is 1. The van der Waals surface area contributed by atoms with Gasteiger partial charge in [-0.25, -0.2) is 0 Å². The maximum Gasteiger partial charge on any atom is 0.323 e. The second-order valence-corrected chi connectivity index (χ2v) is 5.38. The van der Waals surface area contributed by atoms with Gasteiger partial charge >= 0.3 is 5.97 Å². The molecule has 2 aromatic carbocycles. The molecule has 0 spiro atoms. The van der Waals surface area contributed by atoms with Crippen molar-refractivity contribution >= 4 is 5.97 Å². The average molecular weight is 281 g/mol. The van der Waals surface area contributed by atoms with Crippen molar-refractivity contribution in [1.29, 1.82) is 0 Å². The molecule has 0 bridgehead atoms. The van der Waals surface area contributed by atoms with Gasteiger partial charge in [0.15, 0.2) is 0 Å². The van der Waals surface area contributed by atoms with Gasteiger partial charge in [-0.05, 0) is 17.5 Å². The van der Waals surface area contributed by atoms with E-state index >= 15 is 0 Å². The Bertz CT molecular complexity index is 597. The van der Waals surface area contributed by atoms with Crippen molar-refractivity contribution in [3.63, 3.8) is 0 Å². The van der Waals surface area contributed by atoms with Gasteiger partial charge in [0.05, 0.1) is 7.11 Å². The third kappa shape index (κ3) is 2.83. The van der Waals surface area contributed by atoms with Gasteiger partial charge in [-0.3, -0.25) is 10.1 Å². The van der Waals surface area contributed by atoms with Gasteiger partial charge in [0.2, 0.25) is 0 Å². The number of carbonyl (C=O) groups is 1. The number of carbonyl (C=O) groups excluding carboxylic acids is 1. The molecule has 1 fully saturated rings. The normalized spacial score (nSPS) is 24.7. The number of esters is 1. The zero-order chi connectivity index (χ0) is 14.7. The monoisotopic (exact) mass is 281 g/mol. The Morgan fingerprint density at radius 2 is 1.57 bits per heavy atom. The van der Waals surface area contributed by atoms with Crippen LogP contribution in [0.2, 0.25) is 0 Å². The minimum Gasteiger partial charge on any atom is -0.468 e. The van der Waals surface area contributed by atoms with Crippen LogP contribution in [0.3, 0.4) is 0 Å². The Kier molecular flexibility index (Phi) is 4.02. The molecule has 1 heterocycles. The summed E-state index contributed by atoms with van der Waals surface area (Å²) in [6.45, 7) is 0. The molecule has 3 nitrogen and oxygen atoms in total. The number of nitrogens with one attached hydrogen (secondary N) is 1. The summed E-state index contributed by atoms with van der Waals surface area (Å²) in [6, 6.07) is 20.3. The molecule has 1 N–H and O–H groups in total. The second-order valence-electron chi connectivity index (χ2n) is 5.38. The first-order valence-corrected chi connectivity index (χ1v) is 7.23. The molecule has 0 aliphatic carbocycles. The van der Waals surface area contributed by atoms with E-state index in [9.17, 15) is 4.79 Å². The highest BCUT2D eigenvalue weighted by Gasteiger charge is 2.40.